The van der Waals surface area contributed by atoms with Gasteiger partial charge >= 0.3 is 0 Å². The fourth-order valence-corrected chi connectivity index (χ4v) is 4.85. The Balaban J connectivity index is 1.26. The number of amides is 1. The van der Waals surface area contributed by atoms with E-state index in [0.29, 0.717) is 19.0 Å². The van der Waals surface area contributed by atoms with Crippen molar-refractivity contribution in [3.63, 3.8) is 0 Å². The number of pyridine rings is 1. The molecule has 154 valence electrons. The van der Waals surface area contributed by atoms with Crippen LogP contribution in [0.15, 0.2) is 72.9 Å². The number of carbonyl (C=O) groups is 1. The number of para-hydroxylation sites is 2. The highest BCUT2D eigenvalue weighted by Crippen LogP contribution is 2.45. The fraction of sp³-hybridized carbons (Fsp3) is 0.240. The van der Waals surface area contributed by atoms with Crippen molar-refractivity contribution in [3.8, 4) is 11.5 Å². The third-order valence-corrected chi connectivity index (χ3v) is 6.44. The summed E-state index contributed by atoms with van der Waals surface area (Å²) in [5.41, 5.74) is 2.75. The SMILES string of the molecule is O=C(C1c2ccccc2Oc2ccccc21)N1CCC(c2nnc3ccccn23)CC1. The molecule has 6 rings (SSSR count). The number of hydrogen-bond acceptors (Lipinski definition) is 4. The summed E-state index contributed by atoms with van der Waals surface area (Å²) in [6.07, 6.45) is 3.78. The maximum absolute atomic E-state index is 13.7. The number of rotatable bonds is 2. The van der Waals surface area contributed by atoms with Gasteiger partial charge in [-0.1, -0.05) is 42.5 Å². The number of nitrogens with zero attached hydrogens (tertiary/aromatic N) is 4. The highest BCUT2D eigenvalue weighted by Gasteiger charge is 2.36. The van der Waals surface area contributed by atoms with E-state index in [4.69, 9.17) is 4.74 Å². The van der Waals surface area contributed by atoms with E-state index in [2.05, 4.69) is 14.6 Å². The summed E-state index contributed by atoms with van der Waals surface area (Å²) in [5.74, 6) is 2.65. The first-order chi connectivity index (χ1) is 15.3. The molecule has 0 atom stereocenters. The van der Waals surface area contributed by atoms with Crippen LogP contribution in [-0.2, 0) is 4.79 Å². The van der Waals surface area contributed by atoms with Crippen molar-refractivity contribution in [1.29, 1.82) is 0 Å². The zero-order valence-corrected chi connectivity index (χ0v) is 17.0. The Labute approximate surface area is 180 Å². The minimum atomic E-state index is -0.327. The van der Waals surface area contributed by atoms with Crippen molar-refractivity contribution in [2.75, 3.05) is 13.1 Å². The van der Waals surface area contributed by atoms with E-state index in [1.807, 2.05) is 77.8 Å². The van der Waals surface area contributed by atoms with Gasteiger partial charge in [0.1, 0.15) is 17.3 Å². The Morgan fingerprint density at radius 1 is 0.839 bits per heavy atom. The molecule has 0 N–H and O–H groups in total. The number of likely N-dealkylation sites (tertiary alicyclic amines) is 1. The quantitative estimate of drug-likeness (QED) is 0.492. The van der Waals surface area contributed by atoms with Crippen molar-refractivity contribution >= 4 is 11.6 Å². The van der Waals surface area contributed by atoms with Crippen LogP contribution in [0.1, 0.15) is 41.6 Å². The van der Waals surface area contributed by atoms with Gasteiger partial charge < -0.3 is 9.64 Å². The van der Waals surface area contributed by atoms with E-state index < -0.39 is 0 Å². The number of benzene rings is 2. The van der Waals surface area contributed by atoms with Gasteiger partial charge in [-0.3, -0.25) is 9.20 Å². The fourth-order valence-electron chi connectivity index (χ4n) is 4.85. The second kappa shape index (κ2) is 7.23. The molecule has 1 saturated heterocycles. The van der Waals surface area contributed by atoms with Crippen LogP contribution in [0.25, 0.3) is 5.65 Å². The number of hydrogen-bond donors (Lipinski definition) is 0. The van der Waals surface area contributed by atoms with Crippen molar-refractivity contribution in [2.45, 2.75) is 24.7 Å². The molecule has 6 nitrogen and oxygen atoms in total. The topological polar surface area (TPSA) is 59.7 Å². The molecule has 0 unspecified atom stereocenters. The third-order valence-electron chi connectivity index (χ3n) is 6.44. The van der Waals surface area contributed by atoms with Crippen LogP contribution in [0.2, 0.25) is 0 Å². The van der Waals surface area contributed by atoms with Crippen molar-refractivity contribution < 1.29 is 9.53 Å². The number of aromatic nitrogens is 3. The first kappa shape index (κ1) is 18.1. The zero-order chi connectivity index (χ0) is 20.8. The van der Waals surface area contributed by atoms with E-state index in [-0.39, 0.29) is 11.8 Å². The lowest BCUT2D eigenvalue weighted by molar-refractivity contribution is -0.133. The molecule has 0 radical (unpaired) electrons. The van der Waals surface area contributed by atoms with Gasteiger partial charge in [-0.05, 0) is 37.1 Å². The normalized spacial score (nSPS) is 16.6. The van der Waals surface area contributed by atoms with Gasteiger partial charge in [-0.15, -0.1) is 10.2 Å². The molecule has 2 aromatic heterocycles. The van der Waals surface area contributed by atoms with E-state index in [1.165, 1.54) is 0 Å². The minimum absolute atomic E-state index is 0.146. The minimum Gasteiger partial charge on any atom is -0.457 e. The molecule has 0 saturated carbocycles. The lowest BCUT2D eigenvalue weighted by Gasteiger charge is -2.36. The maximum atomic E-state index is 13.7. The smallest absolute Gasteiger partial charge is 0.234 e. The summed E-state index contributed by atoms with van der Waals surface area (Å²) < 4.78 is 8.13. The van der Waals surface area contributed by atoms with Gasteiger partial charge in [-0.25, -0.2) is 0 Å². The van der Waals surface area contributed by atoms with Crippen LogP contribution in [-0.4, -0.2) is 38.5 Å². The summed E-state index contributed by atoms with van der Waals surface area (Å²) in [6.45, 7) is 1.43. The summed E-state index contributed by atoms with van der Waals surface area (Å²) in [6, 6.07) is 21.7. The molecule has 1 amide bonds. The maximum Gasteiger partial charge on any atom is 0.234 e. The highest BCUT2D eigenvalue weighted by molar-refractivity contribution is 5.89. The second-order valence-electron chi connectivity index (χ2n) is 8.20. The largest absolute Gasteiger partial charge is 0.457 e. The molecule has 0 bridgehead atoms. The van der Waals surface area contributed by atoms with Gasteiger partial charge in [0.15, 0.2) is 5.65 Å². The predicted octanol–water partition coefficient (Wildman–Crippen LogP) is 4.37. The highest BCUT2D eigenvalue weighted by atomic mass is 16.5. The van der Waals surface area contributed by atoms with E-state index in [0.717, 1.165) is 46.9 Å². The van der Waals surface area contributed by atoms with Crippen LogP contribution >= 0.6 is 0 Å². The second-order valence-corrected chi connectivity index (χ2v) is 8.20. The van der Waals surface area contributed by atoms with Gasteiger partial charge in [0.05, 0.1) is 5.92 Å². The van der Waals surface area contributed by atoms with Gasteiger partial charge in [-0.2, -0.15) is 0 Å². The first-order valence-electron chi connectivity index (χ1n) is 10.7. The number of carbonyl (C=O) groups excluding carboxylic acids is 1. The van der Waals surface area contributed by atoms with Crippen molar-refractivity contribution in [2.24, 2.45) is 0 Å². The molecular weight excluding hydrogens is 388 g/mol. The first-order valence-corrected chi connectivity index (χ1v) is 10.7. The van der Waals surface area contributed by atoms with Gasteiger partial charge in [0.2, 0.25) is 5.91 Å². The Hall–Kier alpha value is -3.67. The Morgan fingerprint density at radius 2 is 1.48 bits per heavy atom. The van der Waals surface area contributed by atoms with E-state index in [1.54, 1.807) is 0 Å². The molecule has 2 aliphatic rings. The molecule has 4 aromatic rings. The molecule has 0 spiro atoms. The lowest BCUT2D eigenvalue weighted by atomic mass is 9.86. The standard InChI is InChI=1S/C25H22N4O2/c30-25(23-18-7-1-3-9-20(18)31-21-10-4-2-8-19(21)23)28-15-12-17(13-16-28)24-27-26-22-11-5-6-14-29(22)24/h1-11,14,17,23H,12-13,15-16H2. The van der Waals surface area contributed by atoms with Gasteiger partial charge in [0.25, 0.3) is 0 Å². The van der Waals surface area contributed by atoms with E-state index in [9.17, 15) is 4.79 Å². The molecule has 1 fully saturated rings. The zero-order valence-electron chi connectivity index (χ0n) is 17.0. The van der Waals surface area contributed by atoms with Crippen molar-refractivity contribution in [3.05, 3.63) is 89.9 Å². The third kappa shape index (κ3) is 2.98. The lowest BCUT2D eigenvalue weighted by Crippen LogP contribution is -2.41. The summed E-state index contributed by atoms with van der Waals surface area (Å²) in [7, 11) is 0. The van der Waals surface area contributed by atoms with Crippen molar-refractivity contribution in [1.82, 2.24) is 19.5 Å². The molecule has 2 aromatic carbocycles. The summed E-state index contributed by atoms with van der Waals surface area (Å²) >= 11 is 0. The van der Waals surface area contributed by atoms with Crippen LogP contribution in [0.4, 0.5) is 0 Å². The molecule has 4 heterocycles. The summed E-state index contributed by atoms with van der Waals surface area (Å²) in [5, 5.41) is 8.72. The Bertz CT molecular complexity index is 1230. The predicted molar refractivity (Wildman–Crippen MR) is 116 cm³/mol. The van der Waals surface area contributed by atoms with Gasteiger partial charge in [0, 0.05) is 36.3 Å². The average molecular weight is 410 g/mol. The number of fused-ring (bicyclic) bond motifs is 3. The summed E-state index contributed by atoms with van der Waals surface area (Å²) in [4.78, 5) is 15.7. The molecule has 31 heavy (non-hydrogen) atoms. The molecule has 6 heteroatoms. The number of ether oxygens (including phenoxy) is 1. The van der Waals surface area contributed by atoms with Crippen LogP contribution < -0.4 is 4.74 Å². The molecular formula is C25H22N4O2. The Kier molecular flexibility index (Phi) is 4.23. The van der Waals surface area contributed by atoms with Crippen LogP contribution in [0.5, 0.6) is 11.5 Å². The van der Waals surface area contributed by atoms with Crippen LogP contribution in [0, 0.1) is 0 Å². The molecule has 0 aliphatic carbocycles. The Morgan fingerprint density at radius 3 is 2.19 bits per heavy atom. The average Bonchev–Trinajstić information content (AvgIpc) is 3.26. The molecule has 2 aliphatic heterocycles. The van der Waals surface area contributed by atoms with Crippen LogP contribution in [0.3, 0.4) is 0 Å². The number of piperidine rings is 1. The monoisotopic (exact) mass is 410 g/mol. The van der Waals surface area contributed by atoms with E-state index >= 15 is 0 Å².